The maximum Gasteiger partial charge on any atom is 0.118 e. The van der Waals surface area contributed by atoms with Gasteiger partial charge in [-0.2, -0.15) is 0 Å². The van der Waals surface area contributed by atoms with Crippen molar-refractivity contribution in [1.29, 1.82) is 0 Å². The van der Waals surface area contributed by atoms with Gasteiger partial charge in [0, 0.05) is 0 Å². The minimum absolute atomic E-state index is 0.149. The summed E-state index contributed by atoms with van der Waals surface area (Å²) in [5, 5.41) is 10.00. The molecule has 1 aliphatic rings. The Kier molecular flexibility index (Phi) is 5.37. The van der Waals surface area contributed by atoms with Crippen molar-refractivity contribution in [2.45, 2.75) is 38.7 Å². The fraction of sp³-hybridized carbons (Fsp3) is 0.364. The maximum atomic E-state index is 10.00. The van der Waals surface area contributed by atoms with Crippen molar-refractivity contribution in [3.8, 4) is 5.75 Å². The molecule has 126 valence electrons. The molecule has 24 heavy (non-hydrogen) atoms. The van der Waals surface area contributed by atoms with E-state index in [4.69, 9.17) is 4.74 Å². The van der Waals surface area contributed by atoms with Crippen LogP contribution in [-0.4, -0.2) is 18.3 Å². The summed E-state index contributed by atoms with van der Waals surface area (Å²) in [6.45, 7) is 2.23. The van der Waals surface area contributed by atoms with Crippen LogP contribution in [0.1, 0.15) is 43.7 Å². The lowest BCUT2D eigenvalue weighted by Gasteiger charge is -2.21. The Balaban J connectivity index is 2.11. The highest BCUT2D eigenvalue weighted by Crippen LogP contribution is 2.40. The standard InChI is InChI=1S/C22H26O2/c1-3-21(18-9-12-19(23)15-18)22(16-7-5-4-6-8-16)17-10-13-20(24-2)14-11-17/h4-8,10-11,13-14,18-19,23H,3,9,12,15H2,1-2H3. The summed E-state index contributed by atoms with van der Waals surface area (Å²) in [5.74, 6) is 1.35. The number of methoxy groups -OCH3 is 1. The van der Waals surface area contributed by atoms with E-state index >= 15 is 0 Å². The highest BCUT2D eigenvalue weighted by atomic mass is 16.5. The molecule has 2 aromatic rings. The van der Waals surface area contributed by atoms with Crippen molar-refractivity contribution >= 4 is 5.57 Å². The number of aliphatic hydroxyl groups is 1. The van der Waals surface area contributed by atoms with Gasteiger partial charge in [0.15, 0.2) is 0 Å². The van der Waals surface area contributed by atoms with Gasteiger partial charge < -0.3 is 9.84 Å². The first-order chi connectivity index (χ1) is 11.7. The molecule has 0 saturated heterocycles. The van der Waals surface area contributed by atoms with Crippen LogP contribution in [0.3, 0.4) is 0 Å². The van der Waals surface area contributed by atoms with Crippen LogP contribution in [0, 0.1) is 5.92 Å². The zero-order chi connectivity index (χ0) is 16.9. The van der Waals surface area contributed by atoms with E-state index in [0.717, 1.165) is 31.4 Å². The number of allylic oxidation sites excluding steroid dienone is 1. The molecule has 0 radical (unpaired) electrons. The third-order valence-electron chi connectivity index (χ3n) is 5.04. The Hall–Kier alpha value is -2.06. The first-order valence-electron chi connectivity index (χ1n) is 8.83. The molecule has 0 bridgehead atoms. The van der Waals surface area contributed by atoms with E-state index in [1.54, 1.807) is 7.11 Å². The normalized spacial score (nSPS) is 21.5. The highest BCUT2D eigenvalue weighted by Gasteiger charge is 2.27. The summed E-state index contributed by atoms with van der Waals surface area (Å²) in [7, 11) is 1.69. The van der Waals surface area contributed by atoms with Crippen LogP contribution in [0.4, 0.5) is 0 Å². The lowest BCUT2D eigenvalue weighted by atomic mass is 9.84. The Morgan fingerprint density at radius 1 is 1.00 bits per heavy atom. The Morgan fingerprint density at radius 3 is 2.21 bits per heavy atom. The number of rotatable bonds is 5. The van der Waals surface area contributed by atoms with Gasteiger partial charge in [0.2, 0.25) is 0 Å². The second-order valence-electron chi connectivity index (χ2n) is 6.51. The number of hydrogen-bond donors (Lipinski definition) is 1. The molecule has 1 fully saturated rings. The van der Waals surface area contributed by atoms with Crippen LogP contribution >= 0.6 is 0 Å². The molecule has 0 aromatic heterocycles. The lowest BCUT2D eigenvalue weighted by Crippen LogP contribution is -2.06. The van der Waals surface area contributed by atoms with Gasteiger partial charge in [0.1, 0.15) is 5.75 Å². The SMILES string of the molecule is CCC(=C(c1ccccc1)c1ccc(OC)cc1)C1CCC(O)C1. The second kappa shape index (κ2) is 7.67. The topological polar surface area (TPSA) is 29.5 Å². The predicted octanol–water partition coefficient (Wildman–Crippen LogP) is 5.07. The van der Waals surface area contributed by atoms with Gasteiger partial charge in [-0.3, -0.25) is 0 Å². The van der Waals surface area contributed by atoms with Crippen molar-refractivity contribution < 1.29 is 9.84 Å². The molecule has 0 aliphatic heterocycles. The number of aliphatic hydroxyl groups excluding tert-OH is 1. The van der Waals surface area contributed by atoms with E-state index in [1.807, 2.05) is 12.1 Å². The Labute approximate surface area is 144 Å². The van der Waals surface area contributed by atoms with E-state index < -0.39 is 0 Å². The largest absolute Gasteiger partial charge is 0.497 e. The van der Waals surface area contributed by atoms with Crippen molar-refractivity contribution in [3.63, 3.8) is 0 Å². The van der Waals surface area contributed by atoms with E-state index in [2.05, 4.69) is 49.4 Å². The molecule has 0 heterocycles. The van der Waals surface area contributed by atoms with E-state index in [1.165, 1.54) is 22.3 Å². The molecule has 2 aromatic carbocycles. The summed E-state index contributed by atoms with van der Waals surface area (Å²) in [4.78, 5) is 0. The summed E-state index contributed by atoms with van der Waals surface area (Å²) in [6.07, 6.45) is 3.74. The van der Waals surface area contributed by atoms with Crippen molar-refractivity contribution in [1.82, 2.24) is 0 Å². The molecular formula is C22H26O2. The molecule has 1 saturated carbocycles. The number of benzene rings is 2. The van der Waals surface area contributed by atoms with Gasteiger partial charge in [-0.05, 0) is 60.4 Å². The third-order valence-corrected chi connectivity index (χ3v) is 5.04. The van der Waals surface area contributed by atoms with Gasteiger partial charge in [-0.1, -0.05) is 55.0 Å². The van der Waals surface area contributed by atoms with Gasteiger partial charge in [0.25, 0.3) is 0 Å². The van der Waals surface area contributed by atoms with E-state index in [0.29, 0.717) is 5.92 Å². The summed E-state index contributed by atoms with van der Waals surface area (Å²) in [5.41, 5.74) is 5.25. The quantitative estimate of drug-likeness (QED) is 0.833. The smallest absolute Gasteiger partial charge is 0.118 e. The van der Waals surface area contributed by atoms with Crippen molar-refractivity contribution in [2.75, 3.05) is 7.11 Å². The van der Waals surface area contributed by atoms with Gasteiger partial charge >= 0.3 is 0 Å². The predicted molar refractivity (Wildman–Crippen MR) is 99.1 cm³/mol. The molecule has 3 rings (SSSR count). The molecule has 2 nitrogen and oxygen atoms in total. The maximum absolute atomic E-state index is 10.00. The molecular weight excluding hydrogens is 296 g/mol. The Morgan fingerprint density at radius 2 is 1.67 bits per heavy atom. The first kappa shape index (κ1) is 16.8. The molecule has 1 aliphatic carbocycles. The highest BCUT2D eigenvalue weighted by molar-refractivity contribution is 5.82. The molecule has 2 heteroatoms. The summed E-state index contributed by atoms with van der Waals surface area (Å²) in [6, 6.07) is 18.9. The van der Waals surface area contributed by atoms with Crippen LogP contribution in [0.5, 0.6) is 5.75 Å². The number of ether oxygens (including phenoxy) is 1. The van der Waals surface area contributed by atoms with Crippen molar-refractivity contribution in [3.05, 3.63) is 71.3 Å². The van der Waals surface area contributed by atoms with Crippen LogP contribution < -0.4 is 4.74 Å². The molecule has 2 atom stereocenters. The van der Waals surface area contributed by atoms with Crippen LogP contribution in [0.25, 0.3) is 5.57 Å². The monoisotopic (exact) mass is 322 g/mol. The first-order valence-corrected chi connectivity index (χ1v) is 8.83. The minimum atomic E-state index is -0.149. The van der Waals surface area contributed by atoms with Crippen LogP contribution in [-0.2, 0) is 0 Å². The fourth-order valence-corrected chi connectivity index (χ4v) is 3.84. The van der Waals surface area contributed by atoms with Gasteiger partial charge in [-0.15, -0.1) is 0 Å². The fourth-order valence-electron chi connectivity index (χ4n) is 3.84. The average Bonchev–Trinajstić information content (AvgIpc) is 3.06. The summed E-state index contributed by atoms with van der Waals surface area (Å²) >= 11 is 0. The molecule has 1 N–H and O–H groups in total. The van der Waals surface area contributed by atoms with E-state index in [-0.39, 0.29) is 6.10 Å². The molecule has 0 spiro atoms. The average molecular weight is 322 g/mol. The second-order valence-corrected chi connectivity index (χ2v) is 6.51. The van der Waals surface area contributed by atoms with Gasteiger partial charge in [-0.25, -0.2) is 0 Å². The zero-order valence-electron chi connectivity index (χ0n) is 14.5. The van der Waals surface area contributed by atoms with E-state index in [9.17, 15) is 5.11 Å². The Bertz CT molecular complexity index is 686. The zero-order valence-corrected chi connectivity index (χ0v) is 14.5. The van der Waals surface area contributed by atoms with Gasteiger partial charge in [0.05, 0.1) is 13.2 Å². The molecule has 0 amide bonds. The van der Waals surface area contributed by atoms with Crippen LogP contribution in [0.2, 0.25) is 0 Å². The minimum Gasteiger partial charge on any atom is -0.497 e. The molecule has 2 unspecified atom stereocenters. The lowest BCUT2D eigenvalue weighted by molar-refractivity contribution is 0.179. The number of hydrogen-bond acceptors (Lipinski definition) is 2. The van der Waals surface area contributed by atoms with Crippen LogP contribution in [0.15, 0.2) is 60.2 Å². The summed E-state index contributed by atoms with van der Waals surface area (Å²) < 4.78 is 5.31. The van der Waals surface area contributed by atoms with Crippen molar-refractivity contribution in [2.24, 2.45) is 5.92 Å². The third kappa shape index (κ3) is 3.54.